The molecule has 3 heteroatoms. The molecule has 0 spiro atoms. The molecular formula is C9H12OS2. The summed E-state index contributed by atoms with van der Waals surface area (Å²) in [5.74, 6) is 1.56. The van der Waals surface area contributed by atoms with Crippen molar-refractivity contribution in [3.63, 3.8) is 0 Å². The SMILES string of the molecule is O=C(SCCS)C1=CCCC=C1. The van der Waals surface area contributed by atoms with E-state index in [1.165, 1.54) is 11.8 Å². The van der Waals surface area contributed by atoms with Gasteiger partial charge < -0.3 is 0 Å². The predicted molar refractivity (Wildman–Crippen MR) is 57.8 cm³/mol. The third-order valence-corrected chi connectivity index (χ3v) is 2.99. The summed E-state index contributed by atoms with van der Waals surface area (Å²) in [6, 6.07) is 0. The molecule has 1 rings (SSSR count). The van der Waals surface area contributed by atoms with Crippen LogP contribution in [-0.4, -0.2) is 16.6 Å². The first-order chi connectivity index (χ1) is 5.84. The average molecular weight is 200 g/mol. The monoisotopic (exact) mass is 200 g/mol. The van der Waals surface area contributed by atoms with Gasteiger partial charge in [0.25, 0.3) is 0 Å². The summed E-state index contributed by atoms with van der Waals surface area (Å²) in [5, 5.41) is 0.181. The first-order valence-electron chi connectivity index (χ1n) is 3.99. The van der Waals surface area contributed by atoms with Crippen molar-refractivity contribution in [3.05, 3.63) is 23.8 Å². The lowest BCUT2D eigenvalue weighted by atomic mass is 10.1. The minimum Gasteiger partial charge on any atom is -0.282 e. The largest absolute Gasteiger partial charge is 0.282 e. The number of hydrogen-bond acceptors (Lipinski definition) is 3. The molecule has 12 heavy (non-hydrogen) atoms. The summed E-state index contributed by atoms with van der Waals surface area (Å²) in [6.07, 6.45) is 8.03. The normalized spacial score (nSPS) is 15.9. The molecule has 0 heterocycles. The van der Waals surface area contributed by atoms with Crippen LogP contribution in [-0.2, 0) is 4.79 Å². The van der Waals surface area contributed by atoms with Gasteiger partial charge in [-0.15, -0.1) is 0 Å². The molecule has 0 saturated carbocycles. The van der Waals surface area contributed by atoms with E-state index < -0.39 is 0 Å². The van der Waals surface area contributed by atoms with Crippen molar-refractivity contribution >= 4 is 29.5 Å². The molecule has 1 aliphatic carbocycles. The number of hydrogen-bond donors (Lipinski definition) is 1. The van der Waals surface area contributed by atoms with Gasteiger partial charge in [-0.3, -0.25) is 4.79 Å². The highest BCUT2D eigenvalue weighted by Crippen LogP contribution is 2.17. The predicted octanol–water partition coefficient (Wildman–Crippen LogP) is 2.45. The fourth-order valence-electron chi connectivity index (χ4n) is 0.986. The lowest BCUT2D eigenvalue weighted by Crippen LogP contribution is -1.99. The Kier molecular flexibility index (Phi) is 4.54. The molecule has 1 aliphatic rings. The van der Waals surface area contributed by atoms with Crippen molar-refractivity contribution in [1.29, 1.82) is 0 Å². The highest BCUT2D eigenvalue weighted by Gasteiger charge is 2.07. The molecule has 0 N–H and O–H groups in total. The number of rotatable bonds is 3. The van der Waals surface area contributed by atoms with Gasteiger partial charge >= 0.3 is 0 Å². The lowest BCUT2D eigenvalue weighted by Gasteiger charge is -2.03. The Labute approximate surface area is 82.7 Å². The molecule has 1 nitrogen and oxygen atoms in total. The first-order valence-corrected chi connectivity index (χ1v) is 5.61. The fourth-order valence-corrected chi connectivity index (χ4v) is 1.86. The number of carbonyl (C=O) groups excluding carboxylic acids is 1. The van der Waals surface area contributed by atoms with Crippen molar-refractivity contribution in [2.75, 3.05) is 11.5 Å². The zero-order chi connectivity index (χ0) is 8.81. The molecule has 0 aromatic carbocycles. The maximum absolute atomic E-state index is 11.4. The van der Waals surface area contributed by atoms with Gasteiger partial charge in [0.2, 0.25) is 5.12 Å². The Bertz CT molecular complexity index is 219. The smallest absolute Gasteiger partial charge is 0.219 e. The summed E-state index contributed by atoms with van der Waals surface area (Å²) < 4.78 is 0. The molecule has 0 aliphatic heterocycles. The summed E-state index contributed by atoms with van der Waals surface area (Å²) in [7, 11) is 0. The second-order valence-corrected chi connectivity index (χ2v) is 4.01. The van der Waals surface area contributed by atoms with Gasteiger partial charge in [0.1, 0.15) is 0 Å². The molecule has 0 fully saturated rings. The maximum Gasteiger partial charge on any atom is 0.219 e. The Morgan fingerprint density at radius 1 is 1.58 bits per heavy atom. The molecule has 0 atom stereocenters. The molecule has 0 bridgehead atoms. The first kappa shape index (κ1) is 9.93. The number of thiol groups is 1. The fraction of sp³-hybridized carbons (Fsp3) is 0.444. The van der Waals surface area contributed by atoms with Crippen molar-refractivity contribution in [1.82, 2.24) is 0 Å². The van der Waals surface area contributed by atoms with Crippen LogP contribution in [0.1, 0.15) is 12.8 Å². The van der Waals surface area contributed by atoms with Crippen molar-refractivity contribution in [2.45, 2.75) is 12.8 Å². The average Bonchev–Trinajstić information content (AvgIpc) is 2.15. The number of carbonyl (C=O) groups is 1. The van der Waals surface area contributed by atoms with E-state index in [4.69, 9.17) is 0 Å². The van der Waals surface area contributed by atoms with Gasteiger partial charge in [0.05, 0.1) is 0 Å². The van der Waals surface area contributed by atoms with Crippen molar-refractivity contribution in [3.8, 4) is 0 Å². The third kappa shape index (κ3) is 3.07. The molecule has 0 unspecified atom stereocenters. The van der Waals surface area contributed by atoms with Crippen LogP contribution in [0.2, 0.25) is 0 Å². The zero-order valence-corrected chi connectivity index (χ0v) is 8.54. The van der Waals surface area contributed by atoms with E-state index in [0.29, 0.717) is 0 Å². The Balaban J connectivity index is 2.41. The van der Waals surface area contributed by atoms with Crippen LogP contribution in [0.4, 0.5) is 0 Å². The molecular weight excluding hydrogens is 188 g/mol. The quantitative estimate of drug-likeness (QED) is 0.705. The van der Waals surface area contributed by atoms with Crippen LogP contribution in [0.25, 0.3) is 0 Å². The number of thioether (sulfide) groups is 1. The second kappa shape index (κ2) is 5.49. The van der Waals surface area contributed by atoms with E-state index in [-0.39, 0.29) is 5.12 Å². The van der Waals surface area contributed by atoms with Gasteiger partial charge in [0, 0.05) is 11.3 Å². The van der Waals surface area contributed by atoms with Gasteiger partial charge in [-0.25, -0.2) is 0 Å². The van der Waals surface area contributed by atoms with Crippen molar-refractivity contribution in [2.24, 2.45) is 0 Å². The highest BCUT2D eigenvalue weighted by molar-refractivity contribution is 8.14. The minimum atomic E-state index is 0.181. The van der Waals surface area contributed by atoms with E-state index in [9.17, 15) is 4.79 Å². The van der Waals surface area contributed by atoms with Crippen LogP contribution in [0.5, 0.6) is 0 Å². The summed E-state index contributed by atoms with van der Waals surface area (Å²) >= 11 is 5.40. The van der Waals surface area contributed by atoms with Gasteiger partial charge in [-0.2, -0.15) is 12.6 Å². The molecule has 0 aromatic rings. The number of allylic oxidation sites excluding steroid dienone is 3. The maximum atomic E-state index is 11.4. The topological polar surface area (TPSA) is 17.1 Å². The standard InChI is InChI=1S/C9H12OS2/c10-9(12-7-6-11)8-4-2-1-3-5-8/h2,4-5,11H,1,3,6-7H2. The molecule has 0 saturated heterocycles. The molecule has 0 aromatic heterocycles. The van der Waals surface area contributed by atoms with Crippen LogP contribution >= 0.6 is 24.4 Å². The Morgan fingerprint density at radius 2 is 2.42 bits per heavy atom. The molecule has 0 radical (unpaired) electrons. The summed E-state index contributed by atoms with van der Waals surface area (Å²) in [4.78, 5) is 11.4. The Hall–Kier alpha value is -0.150. The van der Waals surface area contributed by atoms with E-state index in [0.717, 1.165) is 29.9 Å². The summed E-state index contributed by atoms with van der Waals surface area (Å²) in [5.41, 5.74) is 0.855. The molecule has 66 valence electrons. The second-order valence-electron chi connectivity index (χ2n) is 2.50. The van der Waals surface area contributed by atoms with Crippen LogP contribution in [0, 0.1) is 0 Å². The van der Waals surface area contributed by atoms with Crippen LogP contribution < -0.4 is 0 Å². The van der Waals surface area contributed by atoms with E-state index in [2.05, 4.69) is 18.7 Å². The van der Waals surface area contributed by atoms with E-state index >= 15 is 0 Å². The molecule has 0 amide bonds. The van der Waals surface area contributed by atoms with Crippen LogP contribution in [0.3, 0.4) is 0 Å². The van der Waals surface area contributed by atoms with E-state index in [1.807, 2.05) is 12.2 Å². The van der Waals surface area contributed by atoms with Crippen molar-refractivity contribution < 1.29 is 4.79 Å². The van der Waals surface area contributed by atoms with Gasteiger partial charge in [-0.05, 0) is 18.6 Å². The Morgan fingerprint density at radius 3 is 3.00 bits per heavy atom. The highest BCUT2D eigenvalue weighted by atomic mass is 32.2. The lowest BCUT2D eigenvalue weighted by molar-refractivity contribution is -0.107. The van der Waals surface area contributed by atoms with E-state index in [1.54, 1.807) is 0 Å². The van der Waals surface area contributed by atoms with Gasteiger partial charge in [-0.1, -0.05) is 30.0 Å². The zero-order valence-electron chi connectivity index (χ0n) is 6.82. The minimum absolute atomic E-state index is 0.181. The van der Waals surface area contributed by atoms with Gasteiger partial charge in [0.15, 0.2) is 0 Å². The van der Waals surface area contributed by atoms with Crippen LogP contribution in [0.15, 0.2) is 23.8 Å². The third-order valence-electron chi connectivity index (χ3n) is 1.56. The summed E-state index contributed by atoms with van der Waals surface area (Å²) in [6.45, 7) is 0.